The molecule has 0 fully saturated rings. The monoisotopic (exact) mass is 146 g/mol. The van der Waals surface area contributed by atoms with Crippen LogP contribution in [0.25, 0.3) is 0 Å². The molecule has 1 rings (SSSR count). The molecule has 1 N–H and O–H groups in total. The first kappa shape index (κ1) is 6.42. The van der Waals surface area contributed by atoms with Crippen LogP contribution >= 0.6 is 11.6 Å². The van der Waals surface area contributed by atoms with E-state index in [4.69, 9.17) is 16.0 Å². The van der Waals surface area contributed by atoms with Crippen molar-refractivity contribution in [3.63, 3.8) is 0 Å². The van der Waals surface area contributed by atoms with Crippen LogP contribution in [0.4, 0.5) is 6.01 Å². The van der Waals surface area contributed by atoms with Gasteiger partial charge >= 0.3 is 0 Å². The number of hydrogen-bond acceptors (Lipinski definition) is 3. The van der Waals surface area contributed by atoms with Gasteiger partial charge in [0.05, 0.1) is 11.6 Å². The lowest BCUT2D eigenvalue weighted by molar-refractivity contribution is 0.574. The lowest BCUT2D eigenvalue weighted by Gasteiger charge is -1.84. The van der Waals surface area contributed by atoms with Gasteiger partial charge < -0.3 is 9.73 Å². The standard InChI is InChI=1S/C5H7ClN2O/c1-7-5-8-4(2-6)3-9-5/h3H,2H2,1H3,(H,7,8). The Morgan fingerprint density at radius 3 is 3.00 bits per heavy atom. The van der Waals surface area contributed by atoms with E-state index in [0.29, 0.717) is 11.9 Å². The summed E-state index contributed by atoms with van der Waals surface area (Å²) >= 11 is 5.45. The molecule has 0 spiro atoms. The second-order valence-corrected chi connectivity index (χ2v) is 1.79. The fraction of sp³-hybridized carbons (Fsp3) is 0.400. The number of nitrogens with zero attached hydrogens (tertiary/aromatic N) is 1. The second kappa shape index (κ2) is 2.73. The number of nitrogens with one attached hydrogen (secondary N) is 1. The van der Waals surface area contributed by atoms with E-state index in [-0.39, 0.29) is 0 Å². The molecule has 0 aliphatic heterocycles. The predicted octanol–water partition coefficient (Wildman–Crippen LogP) is 1.46. The molecule has 0 aromatic carbocycles. The van der Waals surface area contributed by atoms with E-state index < -0.39 is 0 Å². The summed E-state index contributed by atoms with van der Waals surface area (Å²) < 4.78 is 4.90. The van der Waals surface area contributed by atoms with Gasteiger partial charge in [-0.1, -0.05) is 0 Å². The zero-order valence-electron chi connectivity index (χ0n) is 5.02. The quantitative estimate of drug-likeness (QED) is 0.642. The Bertz CT molecular complexity index is 168. The Balaban J connectivity index is 2.74. The molecule has 0 aliphatic carbocycles. The van der Waals surface area contributed by atoms with Gasteiger partial charge in [0, 0.05) is 7.05 Å². The van der Waals surface area contributed by atoms with Gasteiger partial charge in [0.25, 0.3) is 6.01 Å². The molecular weight excluding hydrogens is 140 g/mol. The van der Waals surface area contributed by atoms with E-state index in [1.54, 1.807) is 7.05 Å². The molecule has 0 unspecified atom stereocenters. The van der Waals surface area contributed by atoms with Crippen molar-refractivity contribution in [3.05, 3.63) is 12.0 Å². The number of alkyl halides is 1. The maximum Gasteiger partial charge on any atom is 0.294 e. The number of oxazole rings is 1. The van der Waals surface area contributed by atoms with Crippen LogP contribution in [0.5, 0.6) is 0 Å². The number of rotatable bonds is 2. The molecule has 0 radical (unpaired) electrons. The highest BCUT2D eigenvalue weighted by Gasteiger charge is 1.97. The predicted molar refractivity (Wildman–Crippen MR) is 35.6 cm³/mol. The molecule has 0 atom stereocenters. The summed E-state index contributed by atoms with van der Waals surface area (Å²) in [6.07, 6.45) is 1.53. The number of aromatic nitrogens is 1. The van der Waals surface area contributed by atoms with Gasteiger partial charge in [0.2, 0.25) is 0 Å². The van der Waals surface area contributed by atoms with E-state index in [1.165, 1.54) is 6.26 Å². The van der Waals surface area contributed by atoms with E-state index in [2.05, 4.69) is 10.3 Å². The summed E-state index contributed by atoms with van der Waals surface area (Å²) in [4.78, 5) is 3.94. The van der Waals surface area contributed by atoms with Crippen molar-refractivity contribution in [2.24, 2.45) is 0 Å². The first-order valence-corrected chi connectivity index (χ1v) is 3.08. The molecule has 0 aliphatic rings. The van der Waals surface area contributed by atoms with Gasteiger partial charge in [-0.3, -0.25) is 0 Å². The molecule has 0 amide bonds. The first-order valence-electron chi connectivity index (χ1n) is 2.55. The van der Waals surface area contributed by atoms with Crippen molar-refractivity contribution in [3.8, 4) is 0 Å². The highest BCUT2D eigenvalue weighted by Crippen LogP contribution is 2.07. The summed E-state index contributed by atoms with van der Waals surface area (Å²) in [5.74, 6) is 0.394. The third kappa shape index (κ3) is 1.36. The summed E-state index contributed by atoms with van der Waals surface area (Å²) in [5.41, 5.74) is 0.751. The van der Waals surface area contributed by atoms with Crippen LogP contribution in [0, 0.1) is 0 Å². The van der Waals surface area contributed by atoms with Crippen LogP contribution in [-0.2, 0) is 5.88 Å². The minimum absolute atomic E-state index is 0.394. The van der Waals surface area contributed by atoms with Crippen LogP contribution in [-0.4, -0.2) is 12.0 Å². The molecule has 3 nitrogen and oxygen atoms in total. The van der Waals surface area contributed by atoms with Crippen molar-refractivity contribution in [1.82, 2.24) is 4.98 Å². The van der Waals surface area contributed by atoms with Crippen LogP contribution in [0.2, 0.25) is 0 Å². The Labute approximate surface area is 58.0 Å². The molecular formula is C5H7ClN2O. The average Bonchev–Trinajstić information content (AvgIpc) is 2.34. The fourth-order valence-electron chi connectivity index (χ4n) is 0.483. The van der Waals surface area contributed by atoms with Gasteiger partial charge in [-0.05, 0) is 0 Å². The lowest BCUT2D eigenvalue weighted by Crippen LogP contribution is -1.86. The fourth-order valence-corrected chi connectivity index (χ4v) is 0.606. The van der Waals surface area contributed by atoms with Crippen molar-refractivity contribution >= 4 is 17.6 Å². The van der Waals surface area contributed by atoms with E-state index in [1.807, 2.05) is 0 Å². The Hall–Kier alpha value is -0.700. The molecule has 0 saturated heterocycles. The summed E-state index contributed by atoms with van der Waals surface area (Å²) in [6, 6.07) is 0.505. The van der Waals surface area contributed by atoms with E-state index >= 15 is 0 Å². The Morgan fingerprint density at radius 1 is 1.89 bits per heavy atom. The summed E-state index contributed by atoms with van der Waals surface area (Å²) in [5, 5.41) is 2.75. The van der Waals surface area contributed by atoms with Crippen LogP contribution in [0.3, 0.4) is 0 Å². The zero-order chi connectivity index (χ0) is 6.69. The van der Waals surface area contributed by atoms with Crippen molar-refractivity contribution in [2.45, 2.75) is 5.88 Å². The zero-order valence-corrected chi connectivity index (χ0v) is 5.77. The topological polar surface area (TPSA) is 38.1 Å². The minimum atomic E-state index is 0.394. The maximum atomic E-state index is 5.45. The van der Waals surface area contributed by atoms with Gasteiger partial charge in [-0.15, -0.1) is 11.6 Å². The normalized spacial score (nSPS) is 9.56. The largest absolute Gasteiger partial charge is 0.432 e. The maximum absolute atomic E-state index is 5.45. The van der Waals surface area contributed by atoms with Gasteiger partial charge in [0.1, 0.15) is 6.26 Å². The highest BCUT2D eigenvalue weighted by atomic mass is 35.5. The lowest BCUT2D eigenvalue weighted by atomic mass is 10.6. The molecule has 0 bridgehead atoms. The van der Waals surface area contributed by atoms with Crippen molar-refractivity contribution < 1.29 is 4.42 Å². The average molecular weight is 147 g/mol. The first-order chi connectivity index (χ1) is 4.36. The Morgan fingerprint density at radius 2 is 2.67 bits per heavy atom. The van der Waals surface area contributed by atoms with E-state index in [9.17, 15) is 0 Å². The number of anilines is 1. The molecule has 0 saturated carbocycles. The summed E-state index contributed by atoms with van der Waals surface area (Å²) in [6.45, 7) is 0. The minimum Gasteiger partial charge on any atom is -0.432 e. The molecule has 1 aromatic heterocycles. The van der Waals surface area contributed by atoms with Crippen LogP contribution < -0.4 is 5.32 Å². The smallest absolute Gasteiger partial charge is 0.294 e. The molecule has 4 heteroatoms. The second-order valence-electron chi connectivity index (χ2n) is 1.53. The van der Waals surface area contributed by atoms with E-state index in [0.717, 1.165) is 5.69 Å². The van der Waals surface area contributed by atoms with Gasteiger partial charge in [0.15, 0.2) is 0 Å². The molecule has 1 aromatic rings. The SMILES string of the molecule is CNc1nc(CCl)co1. The summed E-state index contributed by atoms with van der Waals surface area (Å²) in [7, 11) is 1.74. The third-order valence-electron chi connectivity index (χ3n) is 0.903. The van der Waals surface area contributed by atoms with Crippen molar-refractivity contribution in [2.75, 3.05) is 12.4 Å². The van der Waals surface area contributed by atoms with Crippen LogP contribution in [0.15, 0.2) is 10.7 Å². The van der Waals surface area contributed by atoms with Crippen LogP contribution in [0.1, 0.15) is 5.69 Å². The number of hydrogen-bond donors (Lipinski definition) is 1. The van der Waals surface area contributed by atoms with Gasteiger partial charge in [-0.25, -0.2) is 0 Å². The number of halogens is 1. The van der Waals surface area contributed by atoms with Gasteiger partial charge in [-0.2, -0.15) is 4.98 Å². The molecule has 50 valence electrons. The molecule has 9 heavy (non-hydrogen) atoms. The Kier molecular flexibility index (Phi) is 1.95. The third-order valence-corrected chi connectivity index (χ3v) is 1.18. The van der Waals surface area contributed by atoms with Crippen molar-refractivity contribution in [1.29, 1.82) is 0 Å². The highest BCUT2D eigenvalue weighted by molar-refractivity contribution is 6.16. The molecule has 1 heterocycles.